The summed E-state index contributed by atoms with van der Waals surface area (Å²) in [6.07, 6.45) is 2.44. The number of ketones is 1. The van der Waals surface area contributed by atoms with Crippen LogP contribution in [0.25, 0.3) is 0 Å². The zero-order valence-corrected chi connectivity index (χ0v) is 16.9. The number of esters is 1. The molecule has 1 amide bonds. The van der Waals surface area contributed by atoms with Gasteiger partial charge in [-0.15, -0.1) is 0 Å². The molecule has 150 valence electrons. The predicted molar refractivity (Wildman–Crippen MR) is 101 cm³/mol. The van der Waals surface area contributed by atoms with E-state index in [4.69, 9.17) is 9.47 Å². The van der Waals surface area contributed by atoms with E-state index in [0.29, 0.717) is 42.1 Å². The monoisotopic (exact) mass is 378 g/mol. The van der Waals surface area contributed by atoms with E-state index in [1.54, 1.807) is 39.7 Å². The maximum Gasteiger partial charge on any atom is 0.355 e. The third-order valence-electron chi connectivity index (χ3n) is 4.97. The van der Waals surface area contributed by atoms with Gasteiger partial charge >= 0.3 is 5.97 Å². The minimum atomic E-state index is -0.599. The molecule has 0 aromatic carbocycles. The van der Waals surface area contributed by atoms with Crippen molar-refractivity contribution in [3.8, 4) is 0 Å². The SMILES string of the molecule is CCOC(=O)c1[nH]c(C)c(C(=O)C(C)N(CCCOC)C(=O)C2CC2)c1C. The summed E-state index contributed by atoms with van der Waals surface area (Å²) in [4.78, 5) is 42.6. The molecule has 1 unspecified atom stereocenters. The number of Topliss-reactive ketones (excluding diaryl/α,β-unsaturated/α-hetero) is 1. The minimum Gasteiger partial charge on any atom is -0.461 e. The Morgan fingerprint density at radius 1 is 1.26 bits per heavy atom. The number of aromatic nitrogens is 1. The van der Waals surface area contributed by atoms with Crippen molar-refractivity contribution >= 4 is 17.7 Å². The second-order valence-electron chi connectivity index (χ2n) is 7.04. The minimum absolute atomic E-state index is 0.0309. The van der Waals surface area contributed by atoms with E-state index >= 15 is 0 Å². The molecule has 0 aliphatic heterocycles. The Balaban J connectivity index is 2.25. The number of hydrogen-bond donors (Lipinski definition) is 1. The third-order valence-corrected chi connectivity index (χ3v) is 4.97. The summed E-state index contributed by atoms with van der Waals surface area (Å²) in [7, 11) is 1.62. The van der Waals surface area contributed by atoms with Gasteiger partial charge in [-0.2, -0.15) is 0 Å². The molecule has 0 spiro atoms. The lowest BCUT2D eigenvalue weighted by Crippen LogP contribution is -2.45. The van der Waals surface area contributed by atoms with Crippen LogP contribution in [0.5, 0.6) is 0 Å². The van der Waals surface area contributed by atoms with Crippen LogP contribution in [0.2, 0.25) is 0 Å². The molecule has 7 heteroatoms. The molecule has 0 bridgehead atoms. The largest absolute Gasteiger partial charge is 0.461 e. The van der Waals surface area contributed by atoms with Crippen molar-refractivity contribution in [2.45, 2.75) is 53.0 Å². The van der Waals surface area contributed by atoms with Crippen LogP contribution < -0.4 is 0 Å². The molecule has 0 radical (unpaired) electrons. The molecule has 0 saturated heterocycles. The maximum atomic E-state index is 13.2. The normalized spacial score (nSPS) is 14.7. The maximum absolute atomic E-state index is 13.2. The number of nitrogens with zero attached hydrogens (tertiary/aromatic N) is 1. The van der Waals surface area contributed by atoms with Gasteiger partial charge in [0.1, 0.15) is 5.69 Å². The van der Waals surface area contributed by atoms with Crippen LogP contribution in [-0.4, -0.2) is 60.5 Å². The summed E-state index contributed by atoms with van der Waals surface area (Å²) in [6, 6.07) is -0.599. The van der Waals surface area contributed by atoms with Gasteiger partial charge in [-0.1, -0.05) is 0 Å². The molecular weight excluding hydrogens is 348 g/mol. The zero-order valence-electron chi connectivity index (χ0n) is 16.9. The summed E-state index contributed by atoms with van der Waals surface area (Å²) in [5.41, 5.74) is 1.94. The summed E-state index contributed by atoms with van der Waals surface area (Å²) < 4.78 is 10.1. The lowest BCUT2D eigenvalue weighted by Gasteiger charge is -2.29. The van der Waals surface area contributed by atoms with Crippen molar-refractivity contribution in [2.24, 2.45) is 5.92 Å². The Morgan fingerprint density at radius 2 is 1.93 bits per heavy atom. The Bertz CT molecular complexity index is 705. The quantitative estimate of drug-likeness (QED) is 0.384. The number of ether oxygens (including phenoxy) is 2. The Labute approximate surface area is 160 Å². The first-order valence-corrected chi connectivity index (χ1v) is 9.53. The molecule has 27 heavy (non-hydrogen) atoms. The van der Waals surface area contributed by atoms with Crippen LogP contribution in [0.15, 0.2) is 0 Å². The molecule has 1 saturated carbocycles. The standard InChI is InChI=1S/C20H30N2O5/c1-6-27-20(25)17-12(2)16(13(3)21-17)18(23)14(4)22(10-7-11-26-5)19(24)15-8-9-15/h14-15,21H,6-11H2,1-5H3. The highest BCUT2D eigenvalue weighted by molar-refractivity contribution is 6.06. The van der Waals surface area contributed by atoms with E-state index in [1.165, 1.54) is 0 Å². The fourth-order valence-electron chi connectivity index (χ4n) is 3.32. The van der Waals surface area contributed by atoms with Gasteiger partial charge in [0, 0.05) is 37.4 Å². The van der Waals surface area contributed by atoms with Gasteiger partial charge in [0.15, 0.2) is 5.78 Å². The first-order chi connectivity index (χ1) is 12.8. The average molecular weight is 378 g/mol. The fraction of sp³-hybridized carbons (Fsp3) is 0.650. The smallest absolute Gasteiger partial charge is 0.355 e. The number of carbonyl (C=O) groups is 3. The Kier molecular flexibility index (Phi) is 7.18. The van der Waals surface area contributed by atoms with Crippen LogP contribution >= 0.6 is 0 Å². The van der Waals surface area contributed by atoms with Gasteiger partial charge < -0.3 is 19.4 Å². The Hall–Kier alpha value is -2.15. The first kappa shape index (κ1) is 21.2. The van der Waals surface area contributed by atoms with Gasteiger partial charge in [-0.05, 0) is 52.5 Å². The number of aromatic amines is 1. The Morgan fingerprint density at radius 3 is 2.48 bits per heavy atom. The molecule has 1 atom stereocenters. The van der Waals surface area contributed by atoms with Crippen LogP contribution in [0.3, 0.4) is 0 Å². The van der Waals surface area contributed by atoms with Crippen LogP contribution in [-0.2, 0) is 14.3 Å². The molecule has 1 aromatic rings. The first-order valence-electron chi connectivity index (χ1n) is 9.53. The number of aryl methyl sites for hydroxylation is 1. The second kappa shape index (κ2) is 9.17. The third kappa shape index (κ3) is 4.77. The molecule has 1 heterocycles. The predicted octanol–water partition coefficient (Wildman–Crippen LogP) is 2.65. The molecule has 1 N–H and O–H groups in total. The van der Waals surface area contributed by atoms with E-state index in [1.807, 2.05) is 0 Å². The van der Waals surface area contributed by atoms with E-state index in [2.05, 4.69) is 4.98 Å². The molecule has 1 aromatic heterocycles. The summed E-state index contributed by atoms with van der Waals surface area (Å²) in [5, 5.41) is 0. The number of carbonyl (C=O) groups excluding carboxylic acids is 3. The molecular formula is C20H30N2O5. The number of nitrogens with one attached hydrogen (secondary N) is 1. The molecule has 1 fully saturated rings. The van der Waals surface area contributed by atoms with Gasteiger partial charge in [0.2, 0.25) is 5.91 Å². The van der Waals surface area contributed by atoms with Gasteiger partial charge in [-0.3, -0.25) is 9.59 Å². The van der Waals surface area contributed by atoms with Crippen LogP contribution in [0.4, 0.5) is 0 Å². The van der Waals surface area contributed by atoms with E-state index in [-0.39, 0.29) is 24.2 Å². The van der Waals surface area contributed by atoms with Crippen molar-refractivity contribution < 1.29 is 23.9 Å². The topological polar surface area (TPSA) is 88.7 Å². The average Bonchev–Trinajstić information content (AvgIpc) is 3.43. The number of hydrogen-bond acceptors (Lipinski definition) is 5. The van der Waals surface area contributed by atoms with Gasteiger partial charge in [-0.25, -0.2) is 4.79 Å². The van der Waals surface area contributed by atoms with Crippen LogP contribution in [0, 0.1) is 19.8 Å². The molecule has 7 nitrogen and oxygen atoms in total. The summed E-state index contributed by atoms with van der Waals surface area (Å²) >= 11 is 0. The number of amides is 1. The second-order valence-corrected chi connectivity index (χ2v) is 7.04. The highest BCUT2D eigenvalue weighted by Crippen LogP contribution is 2.32. The summed E-state index contributed by atoms with van der Waals surface area (Å²) in [5.74, 6) is -0.575. The van der Waals surface area contributed by atoms with Crippen molar-refractivity contribution in [1.82, 2.24) is 9.88 Å². The summed E-state index contributed by atoms with van der Waals surface area (Å²) in [6.45, 7) is 8.25. The lowest BCUT2D eigenvalue weighted by molar-refractivity contribution is -0.134. The lowest BCUT2D eigenvalue weighted by atomic mass is 9.99. The highest BCUT2D eigenvalue weighted by Gasteiger charge is 2.38. The zero-order chi connectivity index (χ0) is 20.1. The van der Waals surface area contributed by atoms with Gasteiger partial charge in [0.05, 0.1) is 12.6 Å². The van der Waals surface area contributed by atoms with E-state index in [9.17, 15) is 14.4 Å². The number of rotatable bonds is 10. The van der Waals surface area contributed by atoms with Crippen molar-refractivity contribution in [3.05, 3.63) is 22.5 Å². The fourth-order valence-corrected chi connectivity index (χ4v) is 3.32. The van der Waals surface area contributed by atoms with Crippen molar-refractivity contribution in [3.63, 3.8) is 0 Å². The molecule has 1 aliphatic carbocycles. The number of H-pyrrole nitrogens is 1. The van der Waals surface area contributed by atoms with E-state index in [0.717, 1.165) is 12.8 Å². The number of methoxy groups -OCH3 is 1. The van der Waals surface area contributed by atoms with Crippen molar-refractivity contribution in [1.29, 1.82) is 0 Å². The van der Waals surface area contributed by atoms with Crippen molar-refractivity contribution in [2.75, 3.05) is 26.9 Å². The van der Waals surface area contributed by atoms with Gasteiger partial charge in [0.25, 0.3) is 0 Å². The van der Waals surface area contributed by atoms with Crippen LogP contribution in [0.1, 0.15) is 65.2 Å². The van der Waals surface area contributed by atoms with E-state index < -0.39 is 12.0 Å². The molecule has 1 aliphatic rings. The molecule has 2 rings (SSSR count). The highest BCUT2D eigenvalue weighted by atomic mass is 16.5.